The van der Waals surface area contributed by atoms with E-state index in [9.17, 15) is 19.8 Å². The molecule has 3 N–H and O–H groups in total. The van der Waals surface area contributed by atoms with Gasteiger partial charge >= 0.3 is 5.97 Å². The van der Waals surface area contributed by atoms with Crippen LogP contribution in [0.1, 0.15) is 418 Å². The number of amides is 1. The lowest BCUT2D eigenvalue weighted by Crippen LogP contribution is -2.45. The van der Waals surface area contributed by atoms with Crippen LogP contribution in [0.4, 0.5) is 0 Å². The monoisotopic (exact) mass is 1110 g/mol. The van der Waals surface area contributed by atoms with E-state index < -0.39 is 12.1 Å². The summed E-state index contributed by atoms with van der Waals surface area (Å²) in [5, 5.41) is 23.2. The molecule has 0 aromatic heterocycles. The van der Waals surface area contributed by atoms with E-state index in [0.29, 0.717) is 19.4 Å². The molecule has 0 fully saturated rings. The van der Waals surface area contributed by atoms with E-state index in [4.69, 9.17) is 4.74 Å². The molecule has 6 heteroatoms. The first-order valence-corrected chi connectivity index (χ1v) is 36.5. The maximum Gasteiger partial charge on any atom is 0.305 e. The molecule has 2 atom stereocenters. The van der Waals surface area contributed by atoms with Gasteiger partial charge in [0, 0.05) is 12.8 Å². The van der Waals surface area contributed by atoms with Crippen molar-refractivity contribution in [3.8, 4) is 0 Å². The number of allylic oxidation sites excluding steroid dienone is 1. The van der Waals surface area contributed by atoms with Gasteiger partial charge in [-0.3, -0.25) is 9.59 Å². The highest BCUT2D eigenvalue weighted by molar-refractivity contribution is 5.76. The Bertz CT molecular complexity index is 1190. The summed E-state index contributed by atoms with van der Waals surface area (Å²) in [4.78, 5) is 24.6. The van der Waals surface area contributed by atoms with E-state index in [1.165, 1.54) is 353 Å². The van der Waals surface area contributed by atoms with Crippen molar-refractivity contribution in [2.75, 3.05) is 13.2 Å². The Balaban J connectivity index is 3.35. The quantitative estimate of drug-likeness (QED) is 0.0320. The molecule has 0 aliphatic heterocycles. The maximum atomic E-state index is 12.5. The second-order valence-electron chi connectivity index (χ2n) is 25.3. The Hall–Kier alpha value is -1.40. The third-order valence-corrected chi connectivity index (χ3v) is 17.3. The molecule has 0 aliphatic carbocycles. The minimum absolute atomic E-state index is 0.0224. The van der Waals surface area contributed by atoms with E-state index in [1.54, 1.807) is 6.08 Å². The molecule has 0 radical (unpaired) electrons. The molecular weight excluding hydrogens is 971 g/mol. The summed E-state index contributed by atoms with van der Waals surface area (Å²) in [7, 11) is 0. The summed E-state index contributed by atoms with van der Waals surface area (Å²) < 4.78 is 5.50. The fourth-order valence-corrected chi connectivity index (χ4v) is 11.8. The largest absolute Gasteiger partial charge is 0.466 e. The molecule has 0 bridgehead atoms. The van der Waals surface area contributed by atoms with Crippen molar-refractivity contribution in [1.82, 2.24) is 5.32 Å². The highest BCUT2D eigenvalue weighted by Crippen LogP contribution is 2.19. The number of hydrogen-bond acceptors (Lipinski definition) is 5. The van der Waals surface area contributed by atoms with E-state index in [-0.39, 0.29) is 18.5 Å². The molecule has 0 saturated carbocycles. The fraction of sp³-hybridized carbons (Fsp3) is 0.945. The van der Waals surface area contributed by atoms with Crippen molar-refractivity contribution in [1.29, 1.82) is 0 Å². The van der Waals surface area contributed by atoms with Crippen LogP contribution in [-0.2, 0) is 14.3 Å². The first kappa shape index (κ1) is 77.6. The summed E-state index contributed by atoms with van der Waals surface area (Å²) in [6, 6.07) is -0.625. The predicted molar refractivity (Wildman–Crippen MR) is 347 cm³/mol. The van der Waals surface area contributed by atoms with Crippen LogP contribution in [0.15, 0.2) is 12.2 Å². The molecule has 0 spiro atoms. The topological polar surface area (TPSA) is 95.9 Å². The van der Waals surface area contributed by atoms with Crippen LogP contribution in [0.25, 0.3) is 0 Å². The van der Waals surface area contributed by atoms with Gasteiger partial charge in [0.15, 0.2) is 0 Å². The van der Waals surface area contributed by atoms with Gasteiger partial charge in [-0.2, -0.15) is 0 Å². The number of carbonyl (C=O) groups excluding carboxylic acids is 2. The van der Waals surface area contributed by atoms with Gasteiger partial charge in [-0.15, -0.1) is 0 Å². The van der Waals surface area contributed by atoms with Gasteiger partial charge in [-0.1, -0.05) is 386 Å². The molecule has 2 unspecified atom stereocenters. The third kappa shape index (κ3) is 65.6. The average Bonchev–Trinajstić information content (AvgIpc) is 3.45. The van der Waals surface area contributed by atoms with Crippen molar-refractivity contribution >= 4 is 11.9 Å². The van der Waals surface area contributed by atoms with Crippen LogP contribution < -0.4 is 5.32 Å². The maximum absolute atomic E-state index is 12.5. The molecule has 6 nitrogen and oxygen atoms in total. The molecule has 470 valence electrons. The third-order valence-electron chi connectivity index (χ3n) is 17.3. The van der Waals surface area contributed by atoms with Crippen molar-refractivity contribution < 1.29 is 24.5 Å². The number of hydrogen-bond donors (Lipinski definition) is 3. The smallest absolute Gasteiger partial charge is 0.305 e. The normalized spacial score (nSPS) is 12.5. The highest BCUT2D eigenvalue weighted by atomic mass is 16.5. The summed E-state index contributed by atoms with van der Waals surface area (Å²) >= 11 is 0. The van der Waals surface area contributed by atoms with Gasteiger partial charge in [0.25, 0.3) is 0 Å². The van der Waals surface area contributed by atoms with Gasteiger partial charge in [0.05, 0.1) is 25.4 Å². The predicted octanol–water partition coefficient (Wildman–Crippen LogP) is 23.5. The zero-order chi connectivity index (χ0) is 57.1. The molecule has 0 aromatic rings. The van der Waals surface area contributed by atoms with Crippen LogP contribution in [0.3, 0.4) is 0 Å². The molecule has 0 heterocycles. The summed E-state index contributed by atoms with van der Waals surface area (Å²) in [5.41, 5.74) is 0. The second-order valence-corrected chi connectivity index (χ2v) is 25.3. The molecule has 0 saturated heterocycles. The minimum atomic E-state index is -0.842. The minimum Gasteiger partial charge on any atom is -0.466 e. The summed E-state index contributed by atoms with van der Waals surface area (Å²) in [5.74, 6) is -0.0380. The zero-order valence-electron chi connectivity index (χ0n) is 53.9. The number of aliphatic hydroxyl groups excluding tert-OH is 2. The van der Waals surface area contributed by atoms with Crippen LogP contribution in [0.2, 0.25) is 0 Å². The van der Waals surface area contributed by atoms with Crippen molar-refractivity contribution in [2.24, 2.45) is 0 Å². The van der Waals surface area contributed by atoms with Crippen LogP contribution in [0, 0.1) is 0 Å². The number of carbonyl (C=O) groups is 2. The van der Waals surface area contributed by atoms with Crippen molar-refractivity contribution in [2.45, 2.75) is 431 Å². The lowest BCUT2D eigenvalue weighted by Gasteiger charge is -2.20. The molecule has 79 heavy (non-hydrogen) atoms. The first-order valence-electron chi connectivity index (χ1n) is 36.5. The molecule has 0 rings (SSSR count). The van der Waals surface area contributed by atoms with E-state index >= 15 is 0 Å². The zero-order valence-corrected chi connectivity index (χ0v) is 53.9. The molecular formula is C73H143NO5. The van der Waals surface area contributed by atoms with Gasteiger partial charge in [-0.05, 0) is 32.1 Å². The van der Waals surface area contributed by atoms with Crippen LogP contribution in [-0.4, -0.2) is 47.4 Å². The fourth-order valence-electron chi connectivity index (χ4n) is 11.8. The SMILES string of the molecule is CCCCCCCCCCCCCCCCCCC/C=C/C(O)C(CO)NC(=O)CCCCCCCCCCCCCCCCCCCCCCCCCCCCCCOC(=O)CCCCCCCCCCCCCCCCC. The van der Waals surface area contributed by atoms with Gasteiger partial charge < -0.3 is 20.3 Å². The number of nitrogens with one attached hydrogen (secondary N) is 1. The lowest BCUT2D eigenvalue weighted by molar-refractivity contribution is -0.143. The summed E-state index contributed by atoms with van der Waals surface area (Å²) in [6.07, 6.45) is 85.9. The van der Waals surface area contributed by atoms with Crippen molar-refractivity contribution in [3.63, 3.8) is 0 Å². The van der Waals surface area contributed by atoms with E-state index in [0.717, 1.165) is 38.5 Å². The number of esters is 1. The molecule has 0 aromatic carbocycles. The standard InChI is InChI=1S/C73H143NO5/c1-3-5-7-9-11-13-15-17-19-20-31-34-38-41-45-49-53-57-61-65-71(76)70(69-75)74-72(77)66-62-58-54-50-46-42-39-35-32-29-27-25-23-21-22-24-26-28-30-33-36-40-44-48-52-56-60-64-68-79-73(78)67-63-59-55-51-47-43-37-18-16-14-12-10-8-6-4-2/h61,65,70-71,75-76H,3-60,62-64,66-69H2,1-2H3,(H,74,77)/b65-61+. The van der Waals surface area contributed by atoms with Gasteiger partial charge in [0.1, 0.15) is 0 Å². The number of ether oxygens (including phenoxy) is 1. The highest BCUT2D eigenvalue weighted by Gasteiger charge is 2.18. The number of aliphatic hydroxyl groups is 2. The number of unbranched alkanes of at least 4 members (excludes halogenated alkanes) is 58. The Kier molecular flexibility index (Phi) is 67.9. The van der Waals surface area contributed by atoms with Crippen LogP contribution in [0.5, 0.6) is 0 Å². The first-order chi connectivity index (χ1) is 39.0. The van der Waals surface area contributed by atoms with Crippen molar-refractivity contribution in [3.05, 3.63) is 12.2 Å². The Morgan fingerprint density at radius 1 is 0.342 bits per heavy atom. The second kappa shape index (κ2) is 69.1. The van der Waals surface area contributed by atoms with E-state index in [2.05, 4.69) is 19.2 Å². The van der Waals surface area contributed by atoms with Crippen LogP contribution >= 0.6 is 0 Å². The average molecular weight is 1110 g/mol. The molecule has 0 aliphatic rings. The molecule has 1 amide bonds. The lowest BCUT2D eigenvalue weighted by atomic mass is 10.0. The van der Waals surface area contributed by atoms with Gasteiger partial charge in [0.2, 0.25) is 5.91 Å². The Morgan fingerprint density at radius 3 is 0.861 bits per heavy atom. The van der Waals surface area contributed by atoms with Gasteiger partial charge in [-0.25, -0.2) is 0 Å². The Morgan fingerprint density at radius 2 is 0.582 bits per heavy atom. The summed E-state index contributed by atoms with van der Waals surface area (Å²) in [6.45, 7) is 4.96. The Labute approximate surface area is 495 Å². The van der Waals surface area contributed by atoms with E-state index in [1.807, 2.05) is 6.08 Å². The number of rotatable bonds is 69.